The number of aromatic nitrogens is 3. The van der Waals surface area contributed by atoms with Crippen LogP contribution in [-0.4, -0.2) is 60.0 Å². The molecule has 1 unspecified atom stereocenters. The summed E-state index contributed by atoms with van der Waals surface area (Å²) < 4.78 is 52.3. The first-order valence-electron chi connectivity index (χ1n) is 14.1. The molecule has 0 aliphatic rings. The quantitative estimate of drug-likeness (QED) is 0.129. The maximum absolute atomic E-state index is 16.4. The van der Waals surface area contributed by atoms with Gasteiger partial charge in [0, 0.05) is 18.0 Å². The lowest BCUT2D eigenvalue weighted by atomic mass is 10.1. The highest BCUT2D eigenvalue weighted by Crippen LogP contribution is 2.36. The number of hydrogen-bond acceptors (Lipinski definition) is 8. The van der Waals surface area contributed by atoms with E-state index in [0.717, 1.165) is 4.57 Å². The second-order valence-corrected chi connectivity index (χ2v) is 14.6. The molecule has 4 rings (SSSR count). The molecule has 44 heavy (non-hydrogen) atoms. The van der Waals surface area contributed by atoms with Crippen molar-refractivity contribution in [2.45, 2.75) is 78.8 Å². The molecule has 0 spiro atoms. The fourth-order valence-corrected chi connectivity index (χ4v) is 5.22. The smallest absolute Gasteiger partial charge is 0.419 e. The minimum absolute atomic E-state index is 0.0388. The number of halogens is 1. The number of aryl methyl sites for hydroxylation is 1. The molecule has 0 saturated heterocycles. The molecule has 0 aliphatic heterocycles. The molecular weight excluding hydrogens is 587 g/mol. The Morgan fingerprint density at radius 2 is 1.73 bits per heavy atom. The first-order chi connectivity index (χ1) is 20.3. The van der Waals surface area contributed by atoms with E-state index in [9.17, 15) is 14.1 Å². The summed E-state index contributed by atoms with van der Waals surface area (Å²) >= 11 is -1.62. The number of carbonyl (C=O) groups is 2. The molecule has 0 fully saturated rings. The summed E-state index contributed by atoms with van der Waals surface area (Å²) in [4.78, 5) is 31.2. The average molecular weight is 627 g/mol. The van der Waals surface area contributed by atoms with E-state index < -0.39 is 39.6 Å². The van der Waals surface area contributed by atoms with E-state index in [0.29, 0.717) is 28.0 Å². The van der Waals surface area contributed by atoms with Crippen LogP contribution in [0, 0.1) is 5.82 Å². The molecule has 0 saturated carbocycles. The molecule has 12 heteroatoms. The first-order valence-corrected chi connectivity index (χ1v) is 15.3. The Morgan fingerprint density at radius 1 is 1.07 bits per heavy atom. The van der Waals surface area contributed by atoms with Crippen LogP contribution < -0.4 is 4.74 Å². The third-order valence-electron chi connectivity index (χ3n) is 6.58. The van der Waals surface area contributed by atoms with Crippen LogP contribution in [0.25, 0.3) is 33.5 Å². The van der Waals surface area contributed by atoms with Crippen LogP contribution in [0.15, 0.2) is 34.7 Å². The molecule has 10 nitrogen and oxygen atoms in total. The van der Waals surface area contributed by atoms with Gasteiger partial charge in [0.2, 0.25) is 0 Å². The summed E-state index contributed by atoms with van der Waals surface area (Å²) in [7, 11) is 3.21. The summed E-state index contributed by atoms with van der Waals surface area (Å²) in [6.07, 6.45) is -1.14. The van der Waals surface area contributed by atoms with Crippen molar-refractivity contribution in [1.29, 1.82) is 0 Å². The molecule has 2 heterocycles. The van der Waals surface area contributed by atoms with E-state index in [-0.39, 0.29) is 34.2 Å². The minimum atomic E-state index is -1.62. The monoisotopic (exact) mass is 626 g/mol. The highest BCUT2D eigenvalue weighted by atomic mass is 32.2. The van der Waals surface area contributed by atoms with E-state index in [4.69, 9.17) is 19.2 Å². The Morgan fingerprint density at radius 3 is 2.30 bits per heavy atom. The fourth-order valence-electron chi connectivity index (χ4n) is 4.60. The zero-order valence-electron chi connectivity index (χ0n) is 27.0. The summed E-state index contributed by atoms with van der Waals surface area (Å²) in [5.74, 6) is -0.586. The highest BCUT2D eigenvalue weighted by molar-refractivity contribution is 7.91. The van der Waals surface area contributed by atoms with Crippen molar-refractivity contribution in [3.63, 3.8) is 0 Å². The molecule has 0 bridgehead atoms. The summed E-state index contributed by atoms with van der Waals surface area (Å²) in [6, 6.07) is 8.01. The largest absolute Gasteiger partial charge is 0.591 e. The molecule has 0 N–H and O–H groups in total. The Kier molecular flexibility index (Phi) is 8.92. The van der Waals surface area contributed by atoms with Gasteiger partial charge in [0.1, 0.15) is 33.0 Å². The van der Waals surface area contributed by atoms with Gasteiger partial charge >= 0.3 is 12.1 Å². The number of fused-ring (bicyclic) bond motifs is 2. The van der Waals surface area contributed by atoms with Gasteiger partial charge in [-0.2, -0.15) is 0 Å². The SMILES string of the molecule is COc1cc(C(=O)OC(C)C)cc2nc(-c3cc4ccc(C(C)=N[S+]([O-])C(C)(C)C)c(F)c4n3C(=O)OC(C)(C)C)n(C)c12. The zero-order chi connectivity index (χ0) is 32.9. The second kappa shape index (κ2) is 11.9. The van der Waals surface area contributed by atoms with Gasteiger partial charge in [-0.25, -0.2) is 23.5 Å². The lowest BCUT2D eigenvalue weighted by Gasteiger charge is -2.21. The molecule has 2 aromatic heterocycles. The topological polar surface area (TPSA) is 120 Å². The lowest BCUT2D eigenvalue weighted by Crippen LogP contribution is -2.28. The van der Waals surface area contributed by atoms with Gasteiger partial charge in [0.15, 0.2) is 11.6 Å². The fraction of sp³-hybridized carbons (Fsp3) is 0.438. The summed E-state index contributed by atoms with van der Waals surface area (Å²) in [6.45, 7) is 15.6. The van der Waals surface area contributed by atoms with Gasteiger partial charge in [0.05, 0.1) is 41.2 Å². The molecule has 1 atom stereocenters. The van der Waals surface area contributed by atoms with Crippen molar-refractivity contribution in [3.05, 3.63) is 47.3 Å². The first kappa shape index (κ1) is 33.0. The Labute approximate surface area is 259 Å². The van der Waals surface area contributed by atoms with Crippen molar-refractivity contribution in [2.75, 3.05) is 7.11 Å². The third kappa shape index (κ3) is 6.46. The highest BCUT2D eigenvalue weighted by Gasteiger charge is 2.30. The Balaban J connectivity index is 2.01. The third-order valence-corrected chi connectivity index (χ3v) is 8.06. The number of rotatable bonds is 6. The molecular formula is C32H39FN4O6S. The molecule has 4 aromatic rings. The summed E-state index contributed by atoms with van der Waals surface area (Å²) in [5, 5.41) is 0.414. The lowest BCUT2D eigenvalue weighted by molar-refractivity contribution is 0.0377. The molecule has 0 radical (unpaired) electrons. The van der Waals surface area contributed by atoms with E-state index in [1.165, 1.54) is 7.11 Å². The summed E-state index contributed by atoms with van der Waals surface area (Å²) in [5.41, 5.74) is 0.868. The number of methoxy groups -OCH3 is 1. The predicted octanol–water partition coefficient (Wildman–Crippen LogP) is 6.96. The van der Waals surface area contributed by atoms with Crippen molar-refractivity contribution in [2.24, 2.45) is 11.4 Å². The van der Waals surface area contributed by atoms with Crippen molar-refractivity contribution >= 4 is 51.1 Å². The molecule has 0 amide bonds. The number of nitrogens with zero attached hydrogens (tertiary/aromatic N) is 4. The van der Waals surface area contributed by atoms with Crippen LogP contribution in [0.1, 0.15) is 78.2 Å². The van der Waals surface area contributed by atoms with Crippen LogP contribution in [-0.2, 0) is 27.9 Å². The van der Waals surface area contributed by atoms with Crippen LogP contribution in [0.3, 0.4) is 0 Å². The van der Waals surface area contributed by atoms with Gasteiger partial charge in [-0.15, -0.1) is 0 Å². The number of ether oxygens (including phenoxy) is 3. The van der Waals surface area contributed by atoms with E-state index in [2.05, 4.69) is 4.40 Å². The van der Waals surface area contributed by atoms with Crippen LogP contribution in [0.2, 0.25) is 0 Å². The number of imidazole rings is 1. The van der Waals surface area contributed by atoms with Crippen molar-refractivity contribution in [1.82, 2.24) is 14.1 Å². The van der Waals surface area contributed by atoms with Crippen molar-refractivity contribution < 1.29 is 32.7 Å². The second-order valence-electron chi connectivity index (χ2n) is 12.7. The molecule has 236 valence electrons. The maximum Gasteiger partial charge on any atom is 0.419 e. The van der Waals surface area contributed by atoms with Crippen molar-refractivity contribution in [3.8, 4) is 17.3 Å². The zero-order valence-corrected chi connectivity index (χ0v) is 27.8. The number of esters is 1. The standard InChI is InChI=1S/C32H39FN4O6S/c1-17(2)42-29(38)20-14-22-27(24(16-20)41-11)36(10)28(34-22)23-15-19-12-13-21(18(3)35-44(40)32(7,8)9)25(33)26(19)37(23)30(39)43-31(4,5)6/h12-17H,1-11H3. The van der Waals surface area contributed by atoms with Gasteiger partial charge in [0.25, 0.3) is 0 Å². The maximum atomic E-state index is 16.4. The molecule has 2 aromatic carbocycles. The normalized spacial score (nSPS) is 13.5. The van der Waals surface area contributed by atoms with E-state index in [1.807, 2.05) is 0 Å². The predicted molar refractivity (Wildman–Crippen MR) is 170 cm³/mol. The average Bonchev–Trinajstić information content (AvgIpc) is 3.44. The van der Waals surface area contributed by atoms with Gasteiger partial charge in [-0.3, -0.25) is 0 Å². The van der Waals surface area contributed by atoms with E-state index in [1.54, 1.807) is 104 Å². The molecule has 0 aliphatic carbocycles. The van der Waals surface area contributed by atoms with Crippen LogP contribution in [0.5, 0.6) is 5.75 Å². The van der Waals surface area contributed by atoms with Gasteiger partial charge < -0.3 is 23.3 Å². The number of hydrogen-bond donors (Lipinski definition) is 0. The van der Waals surface area contributed by atoms with Gasteiger partial charge in [-0.05, 0) is 86.6 Å². The minimum Gasteiger partial charge on any atom is -0.591 e. The van der Waals surface area contributed by atoms with E-state index >= 15 is 4.39 Å². The number of benzene rings is 2. The van der Waals surface area contributed by atoms with Crippen LogP contribution in [0.4, 0.5) is 9.18 Å². The number of carbonyl (C=O) groups excluding carboxylic acids is 2. The van der Waals surface area contributed by atoms with Crippen LogP contribution >= 0.6 is 0 Å². The van der Waals surface area contributed by atoms with Gasteiger partial charge in [-0.1, -0.05) is 10.5 Å². The Hall–Kier alpha value is -3.90. The Bertz CT molecular complexity index is 1790.